The Morgan fingerprint density at radius 3 is 1.92 bits per heavy atom. The van der Waals surface area contributed by atoms with Gasteiger partial charge in [0, 0.05) is 46.4 Å². The van der Waals surface area contributed by atoms with Crippen molar-refractivity contribution in [3.63, 3.8) is 0 Å². The Hall–Kier alpha value is -3.58. The molecule has 4 rings (SSSR count). The number of aryl methyl sites for hydroxylation is 1. The number of hydrogen-bond donors (Lipinski definition) is 0. The third kappa shape index (κ3) is 5.16. The number of nitriles is 2. The molecule has 0 spiro atoms. The third-order valence-electron chi connectivity index (χ3n) is 6.35. The molecule has 36 heavy (non-hydrogen) atoms. The first-order chi connectivity index (χ1) is 17.4. The summed E-state index contributed by atoms with van der Waals surface area (Å²) < 4.78 is 4.32. The number of allylic oxidation sites excluding steroid dienone is 2. The molecule has 4 heterocycles. The van der Waals surface area contributed by atoms with E-state index < -0.39 is 0 Å². The van der Waals surface area contributed by atoms with Crippen LogP contribution in [0.5, 0.6) is 0 Å². The van der Waals surface area contributed by atoms with Crippen LogP contribution < -0.4 is 0 Å². The topological polar surface area (TPSA) is 57.4 Å². The zero-order valence-corrected chi connectivity index (χ0v) is 23.1. The van der Waals surface area contributed by atoms with Gasteiger partial charge < -0.3 is 9.13 Å². The predicted octanol–water partition coefficient (Wildman–Crippen LogP) is 8.68. The maximum Gasteiger partial charge on any atom is 0.0944 e. The zero-order chi connectivity index (χ0) is 25.8. The van der Waals surface area contributed by atoms with Gasteiger partial charge in [0.25, 0.3) is 0 Å². The average Bonchev–Trinajstić information content (AvgIpc) is 3.65. The van der Waals surface area contributed by atoms with E-state index >= 15 is 0 Å². The van der Waals surface area contributed by atoms with Crippen LogP contribution in [0.1, 0.15) is 50.6 Å². The van der Waals surface area contributed by atoms with Crippen molar-refractivity contribution < 1.29 is 0 Å². The van der Waals surface area contributed by atoms with E-state index in [1.807, 2.05) is 48.7 Å². The minimum atomic E-state index is 0.698. The molecular formula is C30H30N4S2. The van der Waals surface area contributed by atoms with E-state index in [2.05, 4.69) is 84.8 Å². The van der Waals surface area contributed by atoms with E-state index in [9.17, 15) is 5.26 Å². The first-order valence-corrected chi connectivity index (χ1v) is 13.7. The number of aromatic nitrogens is 2. The van der Waals surface area contributed by atoms with Crippen molar-refractivity contribution in [3.05, 3.63) is 70.6 Å². The lowest BCUT2D eigenvalue weighted by molar-refractivity contribution is 0.798. The molecule has 0 aromatic carbocycles. The van der Waals surface area contributed by atoms with Crippen LogP contribution in [0.4, 0.5) is 0 Å². The summed E-state index contributed by atoms with van der Waals surface area (Å²) in [6.07, 6.45) is 7.24. The Morgan fingerprint density at radius 2 is 1.36 bits per heavy atom. The molecule has 0 saturated carbocycles. The molecule has 0 N–H and O–H groups in total. The van der Waals surface area contributed by atoms with Crippen LogP contribution in [0, 0.1) is 22.7 Å². The van der Waals surface area contributed by atoms with Gasteiger partial charge in [-0.25, -0.2) is 0 Å². The Balaban J connectivity index is 1.72. The van der Waals surface area contributed by atoms with Gasteiger partial charge in [-0.1, -0.05) is 13.3 Å². The van der Waals surface area contributed by atoms with Gasteiger partial charge in [0.1, 0.15) is 0 Å². The average molecular weight is 511 g/mol. The lowest BCUT2D eigenvalue weighted by atomic mass is 10.1. The zero-order valence-electron chi connectivity index (χ0n) is 21.4. The molecule has 0 aliphatic heterocycles. The summed E-state index contributed by atoms with van der Waals surface area (Å²) in [7, 11) is 4.12. The number of hydrogen-bond acceptors (Lipinski definition) is 4. The van der Waals surface area contributed by atoms with Gasteiger partial charge in [-0.15, -0.1) is 22.7 Å². The number of thiophene rings is 2. The molecule has 0 aliphatic rings. The van der Waals surface area contributed by atoms with Crippen molar-refractivity contribution >= 4 is 34.8 Å². The quantitative estimate of drug-likeness (QED) is 0.223. The number of nitrogens with zero attached hydrogens (tertiary/aromatic N) is 4. The van der Waals surface area contributed by atoms with Crippen molar-refractivity contribution in [3.8, 4) is 43.0 Å². The predicted molar refractivity (Wildman–Crippen MR) is 154 cm³/mol. The minimum absolute atomic E-state index is 0.698. The SMILES string of the molecule is CCCCc1cc(-c2ccc(/C=C(/C)C#N)n2C)sc1-c1ccc(-c2ccc(/C=C(/C)C#N)n2C)s1. The Labute approximate surface area is 221 Å². The monoisotopic (exact) mass is 510 g/mol. The number of unbranched alkanes of at least 4 members (excludes halogenated alkanes) is 1. The van der Waals surface area contributed by atoms with Gasteiger partial charge in [-0.05, 0) is 86.9 Å². The molecule has 0 unspecified atom stereocenters. The summed E-state index contributed by atoms with van der Waals surface area (Å²) in [5.74, 6) is 0. The molecule has 0 amide bonds. The van der Waals surface area contributed by atoms with Crippen LogP contribution in [-0.2, 0) is 20.5 Å². The molecule has 4 nitrogen and oxygen atoms in total. The van der Waals surface area contributed by atoms with Crippen LogP contribution in [0.3, 0.4) is 0 Å². The fourth-order valence-electron chi connectivity index (χ4n) is 4.26. The van der Waals surface area contributed by atoms with Crippen LogP contribution >= 0.6 is 22.7 Å². The summed E-state index contributed by atoms with van der Waals surface area (Å²) in [5.41, 5.74) is 7.19. The van der Waals surface area contributed by atoms with E-state index in [1.54, 1.807) is 0 Å². The highest BCUT2D eigenvalue weighted by atomic mass is 32.1. The van der Waals surface area contributed by atoms with E-state index in [4.69, 9.17) is 5.26 Å². The first-order valence-electron chi connectivity index (χ1n) is 12.1. The van der Waals surface area contributed by atoms with Crippen molar-refractivity contribution in [1.29, 1.82) is 10.5 Å². The maximum atomic E-state index is 9.17. The summed E-state index contributed by atoms with van der Waals surface area (Å²) in [6.45, 7) is 5.90. The normalized spacial score (nSPS) is 12.1. The lowest BCUT2D eigenvalue weighted by Crippen LogP contribution is -1.93. The Bertz CT molecular complexity index is 1540. The molecule has 4 aromatic heterocycles. The molecule has 0 bridgehead atoms. The van der Waals surface area contributed by atoms with E-state index in [-0.39, 0.29) is 0 Å². The van der Waals surface area contributed by atoms with Gasteiger partial charge in [-0.2, -0.15) is 10.5 Å². The van der Waals surface area contributed by atoms with E-state index in [0.717, 1.165) is 36.3 Å². The molecule has 4 aromatic rings. The third-order valence-corrected chi connectivity index (χ3v) is 8.83. The van der Waals surface area contributed by atoms with Crippen LogP contribution in [-0.4, -0.2) is 9.13 Å². The second-order valence-corrected chi connectivity index (χ2v) is 11.2. The number of rotatable bonds is 8. The fourth-order valence-corrected chi connectivity index (χ4v) is 6.74. The molecule has 0 radical (unpaired) electrons. The molecule has 0 fully saturated rings. The van der Waals surface area contributed by atoms with Crippen LogP contribution in [0.2, 0.25) is 0 Å². The smallest absolute Gasteiger partial charge is 0.0944 e. The standard InChI is InChI=1S/C30H30N4S2/c1-6-7-8-22-17-29(26-12-10-24(34(26)5)16-21(3)19-32)36-30(22)28-14-13-27(35-28)25-11-9-23(33(25)4)15-20(2)18-31/h9-17H,6-8H2,1-5H3/b20-15-,21-16-. The van der Waals surface area contributed by atoms with Crippen molar-refractivity contribution in [2.75, 3.05) is 0 Å². The van der Waals surface area contributed by atoms with Gasteiger partial charge >= 0.3 is 0 Å². The first kappa shape index (κ1) is 25.5. The highest BCUT2D eigenvalue weighted by molar-refractivity contribution is 7.25. The summed E-state index contributed by atoms with van der Waals surface area (Å²) >= 11 is 3.67. The van der Waals surface area contributed by atoms with E-state index in [0.29, 0.717) is 11.1 Å². The molecule has 0 aliphatic carbocycles. The van der Waals surface area contributed by atoms with Gasteiger partial charge in [-0.3, -0.25) is 0 Å². The molecule has 0 saturated heterocycles. The second-order valence-electron chi connectivity index (χ2n) is 9.02. The van der Waals surface area contributed by atoms with Crippen molar-refractivity contribution in [2.24, 2.45) is 14.1 Å². The minimum Gasteiger partial charge on any atom is -0.343 e. The maximum absolute atomic E-state index is 9.17. The summed E-state index contributed by atoms with van der Waals surface area (Å²) in [6, 6.07) is 19.7. The molecular weight excluding hydrogens is 480 g/mol. The van der Waals surface area contributed by atoms with Crippen molar-refractivity contribution in [1.82, 2.24) is 9.13 Å². The largest absolute Gasteiger partial charge is 0.343 e. The van der Waals surface area contributed by atoms with Crippen LogP contribution in [0.25, 0.3) is 43.0 Å². The highest BCUT2D eigenvalue weighted by Crippen LogP contribution is 2.44. The second kappa shape index (κ2) is 11.0. The molecule has 0 atom stereocenters. The van der Waals surface area contributed by atoms with Gasteiger partial charge in [0.2, 0.25) is 0 Å². The van der Waals surface area contributed by atoms with Gasteiger partial charge in [0.15, 0.2) is 0 Å². The molecule has 6 heteroatoms. The summed E-state index contributed by atoms with van der Waals surface area (Å²) in [4.78, 5) is 5.10. The van der Waals surface area contributed by atoms with Gasteiger partial charge in [0.05, 0.1) is 33.3 Å². The van der Waals surface area contributed by atoms with E-state index in [1.165, 1.54) is 30.8 Å². The Kier molecular flexibility index (Phi) is 7.79. The lowest BCUT2D eigenvalue weighted by Gasteiger charge is -2.04. The molecule has 182 valence electrons. The highest BCUT2D eigenvalue weighted by Gasteiger charge is 2.17. The van der Waals surface area contributed by atoms with Crippen molar-refractivity contribution in [2.45, 2.75) is 40.0 Å². The fraction of sp³-hybridized carbons (Fsp3) is 0.267. The van der Waals surface area contributed by atoms with Crippen LogP contribution in [0.15, 0.2) is 53.6 Å². The summed E-state index contributed by atoms with van der Waals surface area (Å²) in [5, 5.41) is 18.3. The Morgan fingerprint density at radius 1 is 0.806 bits per heavy atom.